The van der Waals surface area contributed by atoms with Gasteiger partial charge in [0.2, 0.25) is 0 Å². The molecule has 6 heteroatoms. The van der Waals surface area contributed by atoms with Crippen LogP contribution in [0.3, 0.4) is 0 Å². The molecule has 0 radical (unpaired) electrons. The van der Waals surface area contributed by atoms with Gasteiger partial charge in [0.05, 0.1) is 5.69 Å². The third-order valence-corrected chi connectivity index (χ3v) is 5.02. The SMILES string of the molecule is O=C(c1ccc(-n2cncn2)cc1)N1CCC(NCc2ccccc2)CC1. The van der Waals surface area contributed by atoms with Crippen LogP contribution in [0.25, 0.3) is 5.69 Å². The Balaban J connectivity index is 1.29. The number of nitrogens with zero attached hydrogens (tertiary/aromatic N) is 4. The molecule has 6 nitrogen and oxygen atoms in total. The summed E-state index contributed by atoms with van der Waals surface area (Å²) in [6.45, 7) is 2.45. The van der Waals surface area contributed by atoms with Crippen LogP contribution in [0.1, 0.15) is 28.8 Å². The van der Waals surface area contributed by atoms with Gasteiger partial charge in [0.25, 0.3) is 5.91 Å². The molecule has 0 saturated carbocycles. The number of likely N-dealkylation sites (tertiary alicyclic amines) is 1. The molecule has 2 heterocycles. The zero-order valence-corrected chi connectivity index (χ0v) is 15.2. The summed E-state index contributed by atoms with van der Waals surface area (Å²) in [6, 6.07) is 18.4. The summed E-state index contributed by atoms with van der Waals surface area (Å²) in [5.41, 5.74) is 2.91. The van der Waals surface area contributed by atoms with Gasteiger partial charge in [0.1, 0.15) is 12.7 Å². The summed E-state index contributed by atoms with van der Waals surface area (Å²) in [5.74, 6) is 0.0987. The Kier molecular flexibility index (Phi) is 5.25. The van der Waals surface area contributed by atoms with Gasteiger partial charge in [-0.1, -0.05) is 30.3 Å². The molecule has 1 amide bonds. The van der Waals surface area contributed by atoms with E-state index in [0.29, 0.717) is 6.04 Å². The van der Waals surface area contributed by atoms with Crippen LogP contribution in [0.4, 0.5) is 0 Å². The normalized spacial score (nSPS) is 15.0. The predicted molar refractivity (Wildman–Crippen MR) is 104 cm³/mol. The second-order valence-corrected chi connectivity index (χ2v) is 6.82. The number of rotatable bonds is 5. The molecule has 2 aromatic carbocycles. The molecular weight excluding hydrogens is 338 g/mol. The van der Waals surface area contributed by atoms with Crippen LogP contribution in [0.5, 0.6) is 0 Å². The first-order chi connectivity index (χ1) is 13.3. The van der Waals surface area contributed by atoms with E-state index in [9.17, 15) is 4.79 Å². The Morgan fingerprint density at radius 2 is 1.78 bits per heavy atom. The molecule has 0 atom stereocenters. The number of benzene rings is 2. The van der Waals surface area contributed by atoms with Crippen LogP contribution < -0.4 is 5.32 Å². The number of hydrogen-bond donors (Lipinski definition) is 1. The molecule has 0 bridgehead atoms. The maximum Gasteiger partial charge on any atom is 0.253 e. The van der Waals surface area contributed by atoms with E-state index in [0.717, 1.165) is 43.7 Å². The maximum absolute atomic E-state index is 12.8. The number of hydrogen-bond acceptors (Lipinski definition) is 4. The monoisotopic (exact) mass is 361 g/mol. The molecule has 1 saturated heterocycles. The topological polar surface area (TPSA) is 63.1 Å². The van der Waals surface area contributed by atoms with E-state index in [4.69, 9.17) is 0 Å². The van der Waals surface area contributed by atoms with Crippen LogP contribution in [0, 0.1) is 0 Å². The number of piperidine rings is 1. The molecule has 1 fully saturated rings. The van der Waals surface area contributed by atoms with Crippen molar-refractivity contribution in [2.75, 3.05) is 13.1 Å². The van der Waals surface area contributed by atoms with Crippen molar-refractivity contribution in [3.05, 3.63) is 78.4 Å². The van der Waals surface area contributed by atoms with Crippen molar-refractivity contribution in [2.45, 2.75) is 25.4 Å². The van der Waals surface area contributed by atoms with Crippen molar-refractivity contribution >= 4 is 5.91 Å². The zero-order chi connectivity index (χ0) is 18.5. The van der Waals surface area contributed by atoms with Crippen LogP contribution >= 0.6 is 0 Å². The fourth-order valence-corrected chi connectivity index (χ4v) is 3.43. The fourth-order valence-electron chi connectivity index (χ4n) is 3.43. The lowest BCUT2D eigenvalue weighted by Crippen LogP contribution is -2.44. The Morgan fingerprint density at radius 1 is 1.04 bits per heavy atom. The first-order valence-corrected chi connectivity index (χ1v) is 9.31. The number of carbonyl (C=O) groups is 1. The summed E-state index contributed by atoms with van der Waals surface area (Å²) < 4.78 is 1.68. The number of aromatic nitrogens is 3. The molecule has 27 heavy (non-hydrogen) atoms. The van der Waals surface area contributed by atoms with E-state index in [1.807, 2.05) is 35.2 Å². The minimum atomic E-state index is 0.0987. The van der Waals surface area contributed by atoms with Crippen LogP contribution in [-0.4, -0.2) is 44.7 Å². The minimum Gasteiger partial charge on any atom is -0.339 e. The molecule has 0 spiro atoms. The van der Waals surface area contributed by atoms with Gasteiger partial charge in [0, 0.05) is 31.2 Å². The second-order valence-electron chi connectivity index (χ2n) is 6.82. The lowest BCUT2D eigenvalue weighted by molar-refractivity contribution is 0.0704. The summed E-state index contributed by atoms with van der Waals surface area (Å²) in [5, 5.41) is 7.71. The van der Waals surface area contributed by atoms with E-state index in [1.165, 1.54) is 11.9 Å². The van der Waals surface area contributed by atoms with E-state index in [-0.39, 0.29) is 5.91 Å². The number of carbonyl (C=O) groups excluding carboxylic acids is 1. The Bertz CT molecular complexity index is 853. The molecule has 138 valence electrons. The van der Waals surface area contributed by atoms with Crippen molar-refractivity contribution < 1.29 is 4.79 Å². The van der Waals surface area contributed by atoms with Crippen molar-refractivity contribution in [3.8, 4) is 5.69 Å². The highest BCUT2D eigenvalue weighted by Gasteiger charge is 2.23. The Morgan fingerprint density at radius 3 is 2.44 bits per heavy atom. The molecule has 1 aliphatic rings. The molecule has 1 aromatic heterocycles. The first kappa shape index (κ1) is 17.4. The van der Waals surface area contributed by atoms with E-state index in [2.05, 4.69) is 39.7 Å². The largest absolute Gasteiger partial charge is 0.339 e. The number of nitrogens with one attached hydrogen (secondary N) is 1. The molecule has 4 rings (SSSR count). The Labute approximate surface area is 158 Å². The quantitative estimate of drug-likeness (QED) is 0.759. The average Bonchev–Trinajstić information content (AvgIpc) is 3.28. The van der Waals surface area contributed by atoms with E-state index in [1.54, 1.807) is 11.0 Å². The highest BCUT2D eigenvalue weighted by molar-refractivity contribution is 5.94. The van der Waals surface area contributed by atoms with Gasteiger partial charge >= 0.3 is 0 Å². The highest BCUT2D eigenvalue weighted by Crippen LogP contribution is 2.16. The third kappa shape index (κ3) is 4.23. The minimum absolute atomic E-state index is 0.0987. The third-order valence-electron chi connectivity index (χ3n) is 5.02. The molecule has 1 N–H and O–H groups in total. The van der Waals surface area contributed by atoms with Crippen molar-refractivity contribution in [1.29, 1.82) is 0 Å². The summed E-state index contributed by atoms with van der Waals surface area (Å²) in [4.78, 5) is 18.6. The lowest BCUT2D eigenvalue weighted by Gasteiger charge is -2.32. The van der Waals surface area contributed by atoms with Gasteiger partial charge in [-0.25, -0.2) is 9.67 Å². The van der Waals surface area contributed by atoms with Gasteiger partial charge in [-0.05, 0) is 42.7 Å². The van der Waals surface area contributed by atoms with Crippen molar-refractivity contribution in [2.24, 2.45) is 0 Å². The molecule has 0 aliphatic carbocycles. The maximum atomic E-state index is 12.8. The molecule has 0 unspecified atom stereocenters. The highest BCUT2D eigenvalue weighted by atomic mass is 16.2. The van der Waals surface area contributed by atoms with Gasteiger partial charge in [0.15, 0.2) is 0 Å². The van der Waals surface area contributed by atoms with E-state index >= 15 is 0 Å². The fraction of sp³-hybridized carbons (Fsp3) is 0.286. The van der Waals surface area contributed by atoms with E-state index < -0.39 is 0 Å². The molecular formula is C21H23N5O. The summed E-state index contributed by atoms with van der Waals surface area (Å²) >= 11 is 0. The van der Waals surface area contributed by atoms with Gasteiger partial charge in [-0.15, -0.1) is 0 Å². The number of amides is 1. The van der Waals surface area contributed by atoms with Crippen LogP contribution in [-0.2, 0) is 6.54 Å². The van der Waals surface area contributed by atoms with Gasteiger partial charge in [-0.2, -0.15) is 5.10 Å². The van der Waals surface area contributed by atoms with Gasteiger partial charge < -0.3 is 10.2 Å². The first-order valence-electron chi connectivity index (χ1n) is 9.31. The molecule has 3 aromatic rings. The van der Waals surface area contributed by atoms with Crippen LogP contribution in [0.15, 0.2) is 67.3 Å². The predicted octanol–water partition coefficient (Wildman–Crippen LogP) is 2.66. The smallest absolute Gasteiger partial charge is 0.253 e. The van der Waals surface area contributed by atoms with Crippen LogP contribution in [0.2, 0.25) is 0 Å². The zero-order valence-electron chi connectivity index (χ0n) is 15.2. The van der Waals surface area contributed by atoms with Crippen molar-refractivity contribution in [1.82, 2.24) is 25.0 Å². The Hall–Kier alpha value is -2.99. The van der Waals surface area contributed by atoms with Crippen molar-refractivity contribution in [3.63, 3.8) is 0 Å². The molecule has 1 aliphatic heterocycles. The lowest BCUT2D eigenvalue weighted by atomic mass is 10.0. The standard InChI is InChI=1S/C21H23N5O/c27-21(18-6-8-20(9-7-18)26-16-22-15-24-26)25-12-10-19(11-13-25)23-14-17-4-2-1-3-5-17/h1-9,15-16,19,23H,10-14H2. The average molecular weight is 361 g/mol. The summed E-state index contributed by atoms with van der Waals surface area (Å²) in [6.07, 6.45) is 5.10. The van der Waals surface area contributed by atoms with Gasteiger partial charge in [-0.3, -0.25) is 4.79 Å². The second kappa shape index (κ2) is 8.14. The summed E-state index contributed by atoms with van der Waals surface area (Å²) in [7, 11) is 0.